The number of pyridine rings is 1. The van der Waals surface area contributed by atoms with Gasteiger partial charge in [0.15, 0.2) is 0 Å². The Labute approximate surface area is 141 Å². The van der Waals surface area contributed by atoms with Gasteiger partial charge in [0, 0.05) is 25.4 Å². The summed E-state index contributed by atoms with van der Waals surface area (Å²) in [4.78, 5) is 34.0. The average molecular weight is 338 g/mol. The molecule has 1 rings (SSSR count). The number of carbonyl (C=O) groups excluding carboxylic acids is 1. The molecule has 2 N–H and O–H groups in total. The predicted molar refractivity (Wildman–Crippen MR) is 90.4 cm³/mol. The second-order valence-electron chi connectivity index (χ2n) is 6.60. The lowest BCUT2D eigenvalue weighted by Crippen LogP contribution is -2.32. The van der Waals surface area contributed by atoms with Gasteiger partial charge in [0.2, 0.25) is 0 Å². The number of alkyl carbamates (subject to hydrolysis) is 1. The maximum atomic E-state index is 11.7. The van der Waals surface area contributed by atoms with Crippen LogP contribution in [0.15, 0.2) is 23.1 Å². The summed E-state index contributed by atoms with van der Waals surface area (Å²) in [6.07, 6.45) is 4.34. The summed E-state index contributed by atoms with van der Waals surface area (Å²) in [6.45, 7) is 6.47. The molecule has 24 heavy (non-hydrogen) atoms. The fourth-order valence-electron chi connectivity index (χ4n) is 2.10. The summed E-state index contributed by atoms with van der Waals surface area (Å²) in [5, 5.41) is 11.6. The van der Waals surface area contributed by atoms with E-state index in [1.165, 1.54) is 22.9 Å². The summed E-state index contributed by atoms with van der Waals surface area (Å²) < 4.78 is 6.55. The monoisotopic (exact) mass is 338 g/mol. The van der Waals surface area contributed by atoms with Gasteiger partial charge in [0.1, 0.15) is 5.60 Å². The van der Waals surface area contributed by atoms with Crippen LogP contribution in [-0.4, -0.2) is 33.9 Å². The lowest BCUT2D eigenvalue weighted by atomic mass is 10.2. The molecule has 0 aliphatic heterocycles. The fourth-order valence-corrected chi connectivity index (χ4v) is 2.10. The summed E-state index contributed by atoms with van der Waals surface area (Å²) in [5.74, 6) is -1.04. The van der Waals surface area contributed by atoms with Crippen LogP contribution in [0.25, 0.3) is 0 Å². The number of rotatable bonds is 8. The topological polar surface area (TPSA) is 97.6 Å². The standard InChI is InChI=1S/C17H26N2O5/c1-17(2,3)24-16(23)18-10-6-4-5-7-11-19-12-13(15(21)22)8-9-14(19)20/h8-9,12H,4-7,10-11H2,1-3H3,(H,18,23)(H,21,22). The van der Waals surface area contributed by atoms with Crippen LogP contribution >= 0.6 is 0 Å². The van der Waals surface area contributed by atoms with Gasteiger partial charge in [-0.2, -0.15) is 0 Å². The molecule has 0 radical (unpaired) electrons. The molecule has 0 unspecified atom stereocenters. The lowest BCUT2D eigenvalue weighted by Gasteiger charge is -2.19. The second-order valence-corrected chi connectivity index (χ2v) is 6.60. The van der Waals surface area contributed by atoms with Gasteiger partial charge >= 0.3 is 12.1 Å². The van der Waals surface area contributed by atoms with Gasteiger partial charge < -0.3 is 19.7 Å². The maximum absolute atomic E-state index is 11.7. The van der Waals surface area contributed by atoms with Gasteiger partial charge in [-0.25, -0.2) is 9.59 Å². The van der Waals surface area contributed by atoms with Crippen LogP contribution in [0.2, 0.25) is 0 Å². The Morgan fingerprint density at radius 1 is 1.17 bits per heavy atom. The third kappa shape index (κ3) is 7.80. The Bertz CT molecular complexity index is 616. The van der Waals surface area contributed by atoms with Crippen LogP contribution in [0, 0.1) is 0 Å². The van der Waals surface area contributed by atoms with Crippen molar-refractivity contribution in [3.63, 3.8) is 0 Å². The third-order valence-electron chi connectivity index (χ3n) is 3.22. The van der Waals surface area contributed by atoms with Crippen molar-refractivity contribution in [3.05, 3.63) is 34.2 Å². The number of carboxylic acids is 1. The first-order valence-corrected chi connectivity index (χ1v) is 8.10. The zero-order valence-corrected chi connectivity index (χ0v) is 14.5. The maximum Gasteiger partial charge on any atom is 0.407 e. The molecule has 0 aliphatic carbocycles. The zero-order valence-electron chi connectivity index (χ0n) is 14.5. The minimum Gasteiger partial charge on any atom is -0.478 e. The molecule has 0 saturated carbocycles. The number of amides is 1. The van der Waals surface area contributed by atoms with Crippen molar-refractivity contribution in [1.29, 1.82) is 0 Å². The highest BCUT2D eigenvalue weighted by atomic mass is 16.6. The van der Waals surface area contributed by atoms with E-state index in [0.29, 0.717) is 13.1 Å². The van der Waals surface area contributed by atoms with E-state index in [-0.39, 0.29) is 11.1 Å². The van der Waals surface area contributed by atoms with Crippen LogP contribution in [0.1, 0.15) is 56.8 Å². The van der Waals surface area contributed by atoms with Gasteiger partial charge in [-0.3, -0.25) is 4.79 Å². The number of aromatic nitrogens is 1. The molecule has 7 nitrogen and oxygen atoms in total. The predicted octanol–water partition coefficient (Wildman–Crippen LogP) is 2.63. The third-order valence-corrected chi connectivity index (χ3v) is 3.22. The fraction of sp³-hybridized carbons (Fsp3) is 0.588. The average Bonchev–Trinajstić information content (AvgIpc) is 2.45. The first-order chi connectivity index (χ1) is 11.2. The van der Waals surface area contributed by atoms with E-state index in [1.807, 2.05) is 20.8 Å². The number of carboxylic acid groups (broad SMARTS) is 1. The molecule has 1 amide bonds. The van der Waals surface area contributed by atoms with Crippen molar-refractivity contribution in [2.24, 2.45) is 0 Å². The first-order valence-electron chi connectivity index (χ1n) is 8.10. The SMILES string of the molecule is CC(C)(C)OC(=O)NCCCCCCn1cc(C(=O)O)ccc1=O. The molecule has 134 valence electrons. The molecule has 0 bridgehead atoms. The van der Waals surface area contributed by atoms with Crippen molar-refractivity contribution in [3.8, 4) is 0 Å². The van der Waals surface area contributed by atoms with E-state index < -0.39 is 17.7 Å². The van der Waals surface area contributed by atoms with Crippen LogP contribution in [0.3, 0.4) is 0 Å². The van der Waals surface area contributed by atoms with E-state index in [1.54, 1.807) is 0 Å². The van der Waals surface area contributed by atoms with Gasteiger partial charge in [0.05, 0.1) is 5.56 Å². The van der Waals surface area contributed by atoms with Crippen molar-refractivity contribution in [1.82, 2.24) is 9.88 Å². The van der Waals surface area contributed by atoms with E-state index in [4.69, 9.17) is 9.84 Å². The number of aryl methyl sites for hydroxylation is 1. The van der Waals surface area contributed by atoms with Gasteiger partial charge in [-0.05, 0) is 39.7 Å². The Morgan fingerprint density at radius 3 is 2.46 bits per heavy atom. The van der Waals surface area contributed by atoms with Crippen LogP contribution < -0.4 is 10.9 Å². The van der Waals surface area contributed by atoms with Crippen molar-refractivity contribution in [2.45, 2.75) is 58.6 Å². The molecule has 0 aromatic carbocycles. The number of nitrogens with one attached hydrogen (secondary N) is 1. The number of unbranched alkanes of at least 4 members (excludes halogenated alkanes) is 3. The van der Waals surface area contributed by atoms with E-state index in [0.717, 1.165) is 25.7 Å². The molecule has 0 atom stereocenters. The summed E-state index contributed by atoms with van der Waals surface area (Å²) in [7, 11) is 0. The largest absolute Gasteiger partial charge is 0.478 e. The Morgan fingerprint density at radius 2 is 1.83 bits per heavy atom. The van der Waals surface area contributed by atoms with Gasteiger partial charge in [-0.15, -0.1) is 0 Å². The van der Waals surface area contributed by atoms with Gasteiger partial charge in [-0.1, -0.05) is 12.8 Å². The molecule has 0 saturated heterocycles. The number of hydrogen-bond donors (Lipinski definition) is 2. The lowest BCUT2D eigenvalue weighted by molar-refractivity contribution is 0.0526. The Kier molecular flexibility index (Phi) is 7.48. The molecule has 0 spiro atoms. The van der Waals surface area contributed by atoms with Crippen molar-refractivity contribution < 1.29 is 19.4 Å². The summed E-state index contributed by atoms with van der Waals surface area (Å²) >= 11 is 0. The smallest absolute Gasteiger partial charge is 0.407 e. The van der Waals surface area contributed by atoms with E-state index in [2.05, 4.69) is 5.32 Å². The summed E-state index contributed by atoms with van der Waals surface area (Å²) in [6, 6.07) is 2.58. The highest BCUT2D eigenvalue weighted by Gasteiger charge is 2.15. The van der Waals surface area contributed by atoms with E-state index >= 15 is 0 Å². The number of carbonyl (C=O) groups is 2. The van der Waals surface area contributed by atoms with Gasteiger partial charge in [0.25, 0.3) is 5.56 Å². The zero-order chi connectivity index (χ0) is 18.2. The second kappa shape index (κ2) is 9.10. The van der Waals surface area contributed by atoms with Crippen molar-refractivity contribution >= 4 is 12.1 Å². The first kappa shape index (κ1) is 19.7. The molecule has 0 aliphatic rings. The van der Waals surface area contributed by atoms with E-state index in [9.17, 15) is 14.4 Å². The van der Waals surface area contributed by atoms with Crippen LogP contribution in [0.5, 0.6) is 0 Å². The van der Waals surface area contributed by atoms with Crippen LogP contribution in [0.4, 0.5) is 4.79 Å². The Hall–Kier alpha value is -2.31. The minimum absolute atomic E-state index is 0.108. The molecular formula is C17H26N2O5. The quantitative estimate of drug-likeness (QED) is 0.710. The molecule has 0 fully saturated rings. The minimum atomic E-state index is -1.04. The molecule has 1 aromatic heterocycles. The molecule has 1 aromatic rings. The molecule has 7 heteroatoms. The normalized spacial score (nSPS) is 11.1. The highest BCUT2D eigenvalue weighted by Crippen LogP contribution is 2.07. The number of nitrogens with zero attached hydrogens (tertiary/aromatic N) is 1. The number of ether oxygens (including phenoxy) is 1. The Balaban J connectivity index is 2.21. The molecular weight excluding hydrogens is 312 g/mol. The number of hydrogen-bond acceptors (Lipinski definition) is 4. The highest BCUT2D eigenvalue weighted by molar-refractivity contribution is 5.87. The summed E-state index contributed by atoms with van der Waals surface area (Å²) in [5.41, 5.74) is -0.593. The van der Waals surface area contributed by atoms with Crippen molar-refractivity contribution in [2.75, 3.05) is 6.54 Å². The number of aromatic carboxylic acids is 1. The molecule has 1 heterocycles. The van der Waals surface area contributed by atoms with Crippen LogP contribution in [-0.2, 0) is 11.3 Å².